The van der Waals surface area contributed by atoms with Gasteiger partial charge in [-0.15, -0.1) is 11.3 Å². The van der Waals surface area contributed by atoms with Crippen LogP contribution in [0.5, 0.6) is 0 Å². The summed E-state index contributed by atoms with van der Waals surface area (Å²) in [6.07, 6.45) is 0. The highest BCUT2D eigenvalue weighted by atomic mass is 32.1. The van der Waals surface area contributed by atoms with Crippen molar-refractivity contribution in [3.8, 4) is 0 Å². The maximum atomic E-state index is 2.30. The number of hydrogen-bond acceptors (Lipinski definition) is 1. The van der Waals surface area contributed by atoms with Crippen molar-refractivity contribution in [1.29, 1.82) is 0 Å². The van der Waals surface area contributed by atoms with Crippen molar-refractivity contribution in [2.24, 2.45) is 0 Å². The molecule has 0 bridgehead atoms. The summed E-state index contributed by atoms with van der Waals surface area (Å²) < 4.78 is 2.94. The Labute approximate surface area is 119 Å². The molecule has 98 valence electrons. The van der Waals surface area contributed by atoms with E-state index in [1.165, 1.54) is 53.6 Å². The molecule has 1 heteroatoms. The molecule has 0 unspecified atom stereocenters. The number of thiophene rings is 1. The Bertz CT molecular complexity index is 819. The number of fused-ring (bicyclic) bond motifs is 3. The largest absolute Gasteiger partial charge is 0.135 e. The van der Waals surface area contributed by atoms with E-state index < -0.39 is 0 Å². The summed E-state index contributed by atoms with van der Waals surface area (Å²) in [6.45, 7) is 13.5. The molecule has 1 aromatic heterocycles. The SMILES string of the molecule is Cc1ccc2c(sc3c(C)c(C)c(C)c(C)c32)c1C. The van der Waals surface area contributed by atoms with Crippen LogP contribution in [0, 0.1) is 41.5 Å². The predicted molar refractivity (Wildman–Crippen MR) is 87.8 cm³/mol. The molecule has 0 saturated carbocycles. The van der Waals surface area contributed by atoms with Crippen molar-refractivity contribution in [3.63, 3.8) is 0 Å². The number of aryl methyl sites for hydroxylation is 4. The summed E-state index contributed by atoms with van der Waals surface area (Å²) in [4.78, 5) is 0. The molecule has 0 amide bonds. The fraction of sp³-hybridized carbons (Fsp3) is 0.333. The summed E-state index contributed by atoms with van der Waals surface area (Å²) >= 11 is 1.97. The van der Waals surface area contributed by atoms with Crippen molar-refractivity contribution in [2.45, 2.75) is 41.5 Å². The van der Waals surface area contributed by atoms with Crippen LogP contribution in [0.1, 0.15) is 33.4 Å². The van der Waals surface area contributed by atoms with E-state index in [9.17, 15) is 0 Å². The minimum Gasteiger partial charge on any atom is -0.135 e. The van der Waals surface area contributed by atoms with Crippen molar-refractivity contribution >= 4 is 31.5 Å². The minimum absolute atomic E-state index is 1.39. The van der Waals surface area contributed by atoms with Gasteiger partial charge in [0.15, 0.2) is 0 Å². The third kappa shape index (κ3) is 1.58. The van der Waals surface area contributed by atoms with Crippen LogP contribution in [0.25, 0.3) is 20.2 Å². The van der Waals surface area contributed by atoms with E-state index in [-0.39, 0.29) is 0 Å². The molecular formula is C18H20S. The zero-order valence-electron chi connectivity index (χ0n) is 12.6. The molecule has 0 nitrogen and oxygen atoms in total. The molecule has 0 aliphatic heterocycles. The second kappa shape index (κ2) is 4.08. The van der Waals surface area contributed by atoms with E-state index >= 15 is 0 Å². The highest BCUT2D eigenvalue weighted by molar-refractivity contribution is 7.26. The Morgan fingerprint density at radius 1 is 0.632 bits per heavy atom. The zero-order valence-corrected chi connectivity index (χ0v) is 13.4. The Morgan fingerprint density at radius 2 is 1.26 bits per heavy atom. The van der Waals surface area contributed by atoms with Gasteiger partial charge in [-0.3, -0.25) is 0 Å². The molecule has 3 aromatic rings. The second-order valence-electron chi connectivity index (χ2n) is 5.69. The summed E-state index contributed by atoms with van der Waals surface area (Å²) in [7, 11) is 0. The molecular weight excluding hydrogens is 248 g/mol. The van der Waals surface area contributed by atoms with E-state index in [0.717, 1.165) is 0 Å². The molecule has 2 aromatic carbocycles. The van der Waals surface area contributed by atoms with Gasteiger partial charge in [-0.25, -0.2) is 0 Å². The average Bonchev–Trinajstić information content (AvgIpc) is 2.78. The van der Waals surface area contributed by atoms with E-state index in [2.05, 4.69) is 53.7 Å². The number of hydrogen-bond donors (Lipinski definition) is 0. The van der Waals surface area contributed by atoms with Crippen molar-refractivity contribution in [1.82, 2.24) is 0 Å². The molecule has 0 saturated heterocycles. The van der Waals surface area contributed by atoms with Crippen LogP contribution in [-0.2, 0) is 0 Å². The summed E-state index contributed by atoms with van der Waals surface area (Å²) in [5.74, 6) is 0. The highest BCUT2D eigenvalue weighted by Crippen LogP contribution is 2.42. The quantitative estimate of drug-likeness (QED) is 0.476. The predicted octanol–water partition coefficient (Wildman–Crippen LogP) is 5.91. The lowest BCUT2D eigenvalue weighted by Crippen LogP contribution is -1.91. The standard InChI is InChI=1S/C18H20S/c1-9-7-8-15-16-13(5)11(3)12(4)14(6)18(16)19-17(15)10(9)2/h7-8H,1-6H3. The third-order valence-corrected chi connectivity index (χ3v) is 6.22. The smallest absolute Gasteiger partial charge is 0.0390 e. The summed E-state index contributed by atoms with van der Waals surface area (Å²) in [5.41, 5.74) is 8.63. The first-order valence-electron chi connectivity index (χ1n) is 6.82. The number of rotatable bonds is 0. The van der Waals surface area contributed by atoms with Gasteiger partial charge >= 0.3 is 0 Å². The van der Waals surface area contributed by atoms with Gasteiger partial charge in [0, 0.05) is 20.2 Å². The third-order valence-electron chi connectivity index (χ3n) is 4.78. The van der Waals surface area contributed by atoms with Gasteiger partial charge in [0.2, 0.25) is 0 Å². The maximum Gasteiger partial charge on any atom is 0.0390 e. The maximum absolute atomic E-state index is 2.30. The first-order valence-corrected chi connectivity index (χ1v) is 7.64. The van der Waals surface area contributed by atoms with Gasteiger partial charge in [0.1, 0.15) is 0 Å². The molecule has 0 aliphatic carbocycles. The van der Waals surface area contributed by atoms with Crippen LogP contribution >= 0.6 is 11.3 Å². The van der Waals surface area contributed by atoms with E-state index in [1.807, 2.05) is 11.3 Å². The lowest BCUT2D eigenvalue weighted by atomic mass is 9.94. The molecule has 3 rings (SSSR count). The van der Waals surface area contributed by atoms with Gasteiger partial charge in [-0.05, 0) is 74.9 Å². The van der Waals surface area contributed by atoms with Crippen molar-refractivity contribution < 1.29 is 0 Å². The van der Waals surface area contributed by atoms with Gasteiger partial charge in [-0.2, -0.15) is 0 Å². The van der Waals surface area contributed by atoms with Crippen molar-refractivity contribution in [2.75, 3.05) is 0 Å². The van der Waals surface area contributed by atoms with Crippen LogP contribution in [0.2, 0.25) is 0 Å². The van der Waals surface area contributed by atoms with Gasteiger partial charge in [0.05, 0.1) is 0 Å². The minimum atomic E-state index is 1.39. The molecule has 0 N–H and O–H groups in total. The molecule has 0 atom stereocenters. The van der Waals surface area contributed by atoms with E-state index in [4.69, 9.17) is 0 Å². The first-order chi connectivity index (χ1) is 8.93. The van der Waals surface area contributed by atoms with Crippen LogP contribution in [0.15, 0.2) is 12.1 Å². The summed E-state index contributed by atoms with van der Waals surface area (Å²) in [5, 5.41) is 2.91. The van der Waals surface area contributed by atoms with Crippen LogP contribution in [0.4, 0.5) is 0 Å². The average molecular weight is 268 g/mol. The fourth-order valence-electron chi connectivity index (χ4n) is 2.95. The summed E-state index contributed by atoms with van der Waals surface area (Å²) in [6, 6.07) is 4.56. The van der Waals surface area contributed by atoms with Crippen molar-refractivity contribution in [3.05, 3.63) is 45.5 Å². The van der Waals surface area contributed by atoms with E-state index in [1.54, 1.807) is 0 Å². The van der Waals surface area contributed by atoms with Crippen LogP contribution in [0.3, 0.4) is 0 Å². The Kier molecular flexibility index (Phi) is 2.72. The van der Waals surface area contributed by atoms with Gasteiger partial charge in [0.25, 0.3) is 0 Å². The Hall–Kier alpha value is -1.34. The lowest BCUT2D eigenvalue weighted by molar-refractivity contribution is 1.26. The molecule has 0 fully saturated rings. The molecule has 0 aliphatic rings. The highest BCUT2D eigenvalue weighted by Gasteiger charge is 2.15. The molecule has 0 radical (unpaired) electrons. The van der Waals surface area contributed by atoms with Crippen LogP contribution in [-0.4, -0.2) is 0 Å². The molecule has 19 heavy (non-hydrogen) atoms. The zero-order chi connectivity index (χ0) is 13.9. The second-order valence-corrected chi connectivity index (χ2v) is 6.71. The Morgan fingerprint density at radius 3 is 1.95 bits per heavy atom. The fourth-order valence-corrected chi connectivity index (χ4v) is 4.42. The van der Waals surface area contributed by atoms with Gasteiger partial charge in [-0.1, -0.05) is 12.1 Å². The Balaban J connectivity index is 2.66. The number of benzene rings is 2. The van der Waals surface area contributed by atoms with E-state index in [0.29, 0.717) is 0 Å². The molecule has 0 spiro atoms. The first kappa shape index (κ1) is 12.7. The van der Waals surface area contributed by atoms with Gasteiger partial charge < -0.3 is 0 Å². The monoisotopic (exact) mass is 268 g/mol. The molecule has 1 heterocycles. The lowest BCUT2D eigenvalue weighted by Gasteiger charge is -2.11. The van der Waals surface area contributed by atoms with Crippen LogP contribution < -0.4 is 0 Å². The normalized spacial score (nSPS) is 11.7. The topological polar surface area (TPSA) is 0 Å².